The van der Waals surface area contributed by atoms with Gasteiger partial charge in [0, 0.05) is 31.1 Å². The maximum atomic E-state index is 15.8. The number of aliphatic hydroxyl groups is 2. The van der Waals surface area contributed by atoms with E-state index < -0.39 is 114 Å². The number of alkyl halides is 2. The number of hydrogen-bond donors (Lipinski definition) is 2. The molecule has 0 amide bonds. The van der Waals surface area contributed by atoms with Crippen molar-refractivity contribution in [3.63, 3.8) is 0 Å². The summed E-state index contributed by atoms with van der Waals surface area (Å²) in [6, 6.07) is 0.0799. The van der Waals surface area contributed by atoms with Gasteiger partial charge in [0.2, 0.25) is 0 Å². The van der Waals surface area contributed by atoms with Crippen LogP contribution in [0.25, 0.3) is 10.9 Å². The van der Waals surface area contributed by atoms with E-state index in [1.807, 2.05) is 0 Å². The van der Waals surface area contributed by atoms with E-state index in [0.29, 0.717) is 0 Å². The number of benzene rings is 2. The van der Waals surface area contributed by atoms with Gasteiger partial charge in [0.05, 0.1) is 35.6 Å². The van der Waals surface area contributed by atoms with Crippen LogP contribution < -0.4 is 9.47 Å². The smallest absolute Gasteiger partial charge is 0.395 e. The summed E-state index contributed by atoms with van der Waals surface area (Å²) >= 11 is 0. The minimum atomic E-state index is -4.36. The molecule has 1 atom stereocenters. The fourth-order valence-electron chi connectivity index (χ4n) is 4.25. The first kappa shape index (κ1) is 16.0. The summed E-state index contributed by atoms with van der Waals surface area (Å²) in [5.41, 5.74) is -5.58. The molecule has 2 aromatic carbocycles. The predicted molar refractivity (Wildman–Crippen MR) is 131 cm³/mol. The minimum Gasteiger partial charge on any atom is -0.395 e. The molecule has 0 bridgehead atoms. The van der Waals surface area contributed by atoms with Crippen LogP contribution in [0.5, 0.6) is 11.5 Å². The van der Waals surface area contributed by atoms with Crippen molar-refractivity contribution >= 4 is 16.7 Å². The largest absolute Gasteiger partial charge is 0.586 e. The Morgan fingerprint density at radius 1 is 1.30 bits per heavy atom. The van der Waals surface area contributed by atoms with Gasteiger partial charge in [-0.25, -0.2) is 4.39 Å². The number of rotatable bonds is 9. The van der Waals surface area contributed by atoms with Crippen LogP contribution in [0.3, 0.4) is 0 Å². The van der Waals surface area contributed by atoms with Gasteiger partial charge in [-0.05, 0) is 60.5 Å². The van der Waals surface area contributed by atoms with Crippen molar-refractivity contribution < 1.29 is 51.4 Å². The number of carbonyl (C=O) groups is 1. The molecule has 1 saturated carbocycles. The summed E-state index contributed by atoms with van der Waals surface area (Å²) < 4.78 is 137. The summed E-state index contributed by atoms with van der Waals surface area (Å²) in [6.07, 6.45) is -16.0. The number of halogens is 3. The van der Waals surface area contributed by atoms with E-state index in [0.717, 1.165) is 12.1 Å². The Kier molecular flexibility index (Phi) is 3.80. The standard InChI is InChI=1S/C28H30F3NO5/c1-4-26(2,3)24-10-17-9-16(20(29)13-21(17)32(24)14-19(34)15-33)11-25(35)27(7-8-27)18-5-6-22-23(12-18)37-28(30,31)36-22/h5-6,9-10,12-13,19,33-34H,4,7-8,11,14-15H2,1-3H3/t19-/m0/s1/i4D2,5D,6D,7D2,8D2,12D,19D. The maximum absolute atomic E-state index is 15.8. The van der Waals surface area contributed by atoms with Gasteiger partial charge < -0.3 is 24.3 Å². The first-order chi connectivity index (χ1) is 21.2. The lowest BCUT2D eigenvalue weighted by Gasteiger charge is -2.26. The highest BCUT2D eigenvalue weighted by molar-refractivity contribution is 5.95. The van der Waals surface area contributed by atoms with Crippen molar-refractivity contribution in [3.05, 3.63) is 59.0 Å². The van der Waals surface area contributed by atoms with Gasteiger partial charge in [-0.15, -0.1) is 8.78 Å². The van der Waals surface area contributed by atoms with Crippen LogP contribution >= 0.6 is 0 Å². The van der Waals surface area contributed by atoms with Crippen LogP contribution in [-0.2, 0) is 28.6 Å². The van der Waals surface area contributed by atoms with Crippen LogP contribution in [0.15, 0.2) is 36.3 Å². The third kappa shape index (κ3) is 4.48. The van der Waals surface area contributed by atoms with E-state index >= 15 is 4.39 Å². The van der Waals surface area contributed by atoms with Crippen molar-refractivity contribution in [1.29, 1.82) is 0 Å². The first-order valence-electron chi connectivity index (χ1n) is 16.3. The third-order valence-corrected chi connectivity index (χ3v) is 6.56. The average molecular weight is 528 g/mol. The van der Waals surface area contributed by atoms with Crippen LogP contribution in [0, 0.1) is 5.82 Å². The van der Waals surface area contributed by atoms with Crippen LogP contribution in [0.4, 0.5) is 13.2 Å². The second-order valence-corrected chi connectivity index (χ2v) is 9.39. The minimum absolute atomic E-state index is 0.0365. The molecule has 0 spiro atoms. The summed E-state index contributed by atoms with van der Waals surface area (Å²) in [5.74, 6) is -4.57. The van der Waals surface area contributed by atoms with Crippen molar-refractivity contribution in [2.75, 3.05) is 6.61 Å². The molecule has 1 aromatic heterocycles. The monoisotopic (exact) mass is 527 g/mol. The highest BCUT2D eigenvalue weighted by Gasteiger charge is 2.52. The van der Waals surface area contributed by atoms with Crippen molar-refractivity contribution in [1.82, 2.24) is 4.57 Å². The van der Waals surface area contributed by atoms with E-state index in [1.165, 1.54) is 31.4 Å². The zero-order valence-electron chi connectivity index (χ0n) is 30.1. The number of ketones is 1. The van der Waals surface area contributed by atoms with Crippen LogP contribution in [-0.4, -0.2) is 39.5 Å². The number of nitrogens with zero attached hydrogens (tertiary/aromatic N) is 1. The first-order valence-corrected chi connectivity index (χ1v) is 11.3. The molecule has 1 aliphatic heterocycles. The number of Topliss-reactive ketones (excluding diaryl/α,β-unsaturated/α-hetero) is 1. The molecule has 0 unspecified atom stereocenters. The Balaban J connectivity index is 1.67. The van der Waals surface area contributed by atoms with Crippen molar-refractivity contribution in [2.24, 2.45) is 0 Å². The molecule has 1 aliphatic carbocycles. The summed E-state index contributed by atoms with van der Waals surface area (Å²) in [5, 5.41) is 20.0. The molecule has 6 nitrogen and oxygen atoms in total. The van der Waals surface area contributed by atoms with Crippen molar-refractivity contribution in [3.8, 4) is 11.5 Å². The lowest BCUT2D eigenvalue weighted by Crippen LogP contribution is -2.26. The van der Waals surface area contributed by atoms with E-state index in [1.54, 1.807) is 0 Å². The Bertz CT molecular complexity index is 1820. The second kappa shape index (κ2) is 8.77. The quantitative estimate of drug-likeness (QED) is 0.410. The van der Waals surface area contributed by atoms with Gasteiger partial charge >= 0.3 is 6.29 Å². The van der Waals surface area contributed by atoms with E-state index in [4.69, 9.17) is 13.7 Å². The second-order valence-electron chi connectivity index (χ2n) is 9.39. The number of ether oxygens (including phenoxy) is 2. The molecule has 0 radical (unpaired) electrons. The average Bonchev–Trinajstić information content (AvgIpc) is 3.25. The van der Waals surface area contributed by atoms with Gasteiger partial charge in [-0.3, -0.25) is 4.79 Å². The molecule has 2 aliphatic rings. The Morgan fingerprint density at radius 3 is 2.65 bits per heavy atom. The molecule has 2 heterocycles. The number of carbonyl (C=O) groups excluding carboxylic acids is 1. The fraction of sp³-hybridized carbons (Fsp3) is 0.464. The Hall–Kier alpha value is -3.04. The van der Waals surface area contributed by atoms with Gasteiger partial charge in [0.1, 0.15) is 11.6 Å². The SMILES string of the molecule is [2H]c1c([2H])c(C2(C(=O)Cc3cc4cc(C(C)(C)C([2H])([2H])C)n(C[C@]([2H])(O)CO)c4cc3F)C([2H])([2H])C2([2H])[2H])c([2H])c2c1OC(F)(F)O2. The Morgan fingerprint density at radius 2 is 2.00 bits per heavy atom. The highest BCUT2D eigenvalue weighted by Crippen LogP contribution is 2.52. The molecule has 1 fully saturated rings. The molecule has 0 saturated heterocycles. The lowest BCUT2D eigenvalue weighted by molar-refractivity contribution is -0.286. The fourth-order valence-corrected chi connectivity index (χ4v) is 4.25. The van der Waals surface area contributed by atoms with E-state index in [-0.39, 0.29) is 16.6 Å². The molecular weight excluding hydrogens is 487 g/mol. The van der Waals surface area contributed by atoms with Gasteiger partial charge in [-0.1, -0.05) is 26.8 Å². The van der Waals surface area contributed by atoms with E-state index in [2.05, 4.69) is 9.47 Å². The number of aliphatic hydroxyl groups excluding tert-OH is 1. The van der Waals surface area contributed by atoms with E-state index in [9.17, 15) is 23.8 Å². The summed E-state index contributed by atoms with van der Waals surface area (Å²) in [7, 11) is 0. The zero-order chi connectivity index (χ0) is 35.7. The summed E-state index contributed by atoms with van der Waals surface area (Å²) in [6.45, 7) is 2.72. The molecule has 37 heavy (non-hydrogen) atoms. The Labute approximate surface area is 226 Å². The third-order valence-electron chi connectivity index (χ3n) is 6.56. The maximum Gasteiger partial charge on any atom is 0.586 e. The van der Waals surface area contributed by atoms with Crippen LogP contribution in [0.2, 0.25) is 0 Å². The highest BCUT2D eigenvalue weighted by atomic mass is 19.3. The van der Waals surface area contributed by atoms with Crippen LogP contribution in [0.1, 0.15) is 70.4 Å². The van der Waals surface area contributed by atoms with Gasteiger partial charge in [-0.2, -0.15) is 0 Å². The number of hydrogen-bond acceptors (Lipinski definition) is 5. The molecule has 3 aromatic rings. The lowest BCUT2D eigenvalue weighted by atomic mass is 9.86. The van der Waals surface area contributed by atoms with Crippen molar-refractivity contribution in [2.45, 2.75) is 76.1 Å². The number of fused-ring (bicyclic) bond motifs is 2. The van der Waals surface area contributed by atoms with Gasteiger partial charge in [0.25, 0.3) is 0 Å². The molecule has 198 valence electrons. The zero-order valence-corrected chi connectivity index (χ0v) is 20.1. The molecule has 5 rings (SSSR count). The summed E-state index contributed by atoms with van der Waals surface area (Å²) in [4.78, 5) is 14.0. The molecule has 9 heteroatoms. The normalized spacial score (nSPS) is 26.2. The number of aromatic nitrogens is 1. The topological polar surface area (TPSA) is 80.9 Å². The predicted octanol–water partition coefficient (Wildman–Crippen LogP) is 4.99. The van der Waals surface area contributed by atoms with Gasteiger partial charge in [0.15, 0.2) is 11.5 Å². The molecule has 2 N–H and O–H groups in total. The molecular formula is C28H30F3NO5.